The maximum atomic E-state index is 5.41. The zero-order valence-electron chi connectivity index (χ0n) is 11.1. The Morgan fingerprint density at radius 3 is 2.18 bits per heavy atom. The van der Waals surface area contributed by atoms with E-state index in [0.717, 1.165) is 12.2 Å². The second kappa shape index (κ2) is 4.40. The van der Waals surface area contributed by atoms with Gasteiger partial charge in [0, 0.05) is 5.39 Å². The van der Waals surface area contributed by atoms with Crippen molar-refractivity contribution in [3.05, 3.63) is 42.0 Å². The number of methoxy groups -OCH3 is 1. The van der Waals surface area contributed by atoms with Crippen LogP contribution in [-0.4, -0.2) is 7.11 Å². The smallest absolute Gasteiger partial charge is 0.126 e. The summed E-state index contributed by atoms with van der Waals surface area (Å²) in [6.45, 7) is 6.81. The molecule has 0 heterocycles. The molecule has 2 aromatic rings. The molecule has 0 atom stereocenters. The van der Waals surface area contributed by atoms with Gasteiger partial charge in [-0.05, 0) is 28.9 Å². The molecule has 0 aromatic heterocycles. The fourth-order valence-corrected chi connectivity index (χ4v) is 2.24. The maximum Gasteiger partial charge on any atom is 0.126 e. The van der Waals surface area contributed by atoms with Gasteiger partial charge in [-0.15, -0.1) is 0 Å². The summed E-state index contributed by atoms with van der Waals surface area (Å²) in [5.41, 5.74) is 1.70. The summed E-state index contributed by atoms with van der Waals surface area (Å²) in [5.74, 6) is 0.957. The highest BCUT2D eigenvalue weighted by molar-refractivity contribution is 5.91. The molecule has 2 rings (SSSR count). The SMILES string of the molecule is COc1ccc(CC(C)(C)C)c2ccccc12. The number of hydrogen-bond donors (Lipinski definition) is 0. The molecule has 1 nitrogen and oxygen atoms in total. The maximum absolute atomic E-state index is 5.41. The Labute approximate surface area is 103 Å². The van der Waals surface area contributed by atoms with E-state index in [1.54, 1.807) is 7.11 Å². The third-order valence-corrected chi connectivity index (χ3v) is 2.92. The molecule has 0 aliphatic carbocycles. The minimum atomic E-state index is 0.303. The van der Waals surface area contributed by atoms with Gasteiger partial charge in [0.2, 0.25) is 0 Å². The number of hydrogen-bond acceptors (Lipinski definition) is 1. The first-order valence-electron chi connectivity index (χ1n) is 6.06. The lowest BCUT2D eigenvalue weighted by Crippen LogP contribution is -2.09. The van der Waals surface area contributed by atoms with Gasteiger partial charge in [-0.1, -0.05) is 51.1 Å². The van der Waals surface area contributed by atoms with Crippen LogP contribution < -0.4 is 4.74 Å². The first-order chi connectivity index (χ1) is 8.01. The van der Waals surface area contributed by atoms with Crippen molar-refractivity contribution >= 4 is 10.8 Å². The lowest BCUT2D eigenvalue weighted by Gasteiger charge is -2.20. The minimum absolute atomic E-state index is 0.303. The van der Waals surface area contributed by atoms with Gasteiger partial charge < -0.3 is 4.74 Å². The molecule has 0 bridgehead atoms. The quantitative estimate of drug-likeness (QED) is 0.738. The van der Waals surface area contributed by atoms with Crippen molar-refractivity contribution in [3.63, 3.8) is 0 Å². The molecule has 0 spiro atoms. The lowest BCUT2D eigenvalue weighted by molar-refractivity contribution is 0.410. The van der Waals surface area contributed by atoms with Crippen LogP contribution in [-0.2, 0) is 6.42 Å². The van der Waals surface area contributed by atoms with Crippen LogP contribution in [0.5, 0.6) is 5.75 Å². The average Bonchev–Trinajstić information content (AvgIpc) is 2.28. The minimum Gasteiger partial charge on any atom is -0.496 e. The van der Waals surface area contributed by atoms with Crippen molar-refractivity contribution < 1.29 is 4.74 Å². The number of rotatable bonds is 2. The third kappa shape index (κ3) is 2.60. The molecule has 90 valence electrons. The van der Waals surface area contributed by atoms with Crippen molar-refractivity contribution in [1.29, 1.82) is 0 Å². The predicted molar refractivity (Wildman–Crippen MR) is 73.7 cm³/mol. The second-order valence-electron chi connectivity index (χ2n) is 5.71. The zero-order valence-corrected chi connectivity index (χ0v) is 11.1. The monoisotopic (exact) mass is 228 g/mol. The Balaban J connectivity index is 2.59. The molecule has 0 aliphatic rings. The third-order valence-electron chi connectivity index (χ3n) is 2.92. The van der Waals surface area contributed by atoms with Crippen molar-refractivity contribution in [3.8, 4) is 5.75 Å². The highest BCUT2D eigenvalue weighted by atomic mass is 16.5. The molecule has 0 unspecified atom stereocenters. The summed E-state index contributed by atoms with van der Waals surface area (Å²) in [6.07, 6.45) is 1.08. The molecule has 0 saturated heterocycles. The molecule has 0 radical (unpaired) electrons. The van der Waals surface area contributed by atoms with Crippen molar-refractivity contribution in [1.82, 2.24) is 0 Å². The van der Waals surface area contributed by atoms with Crippen molar-refractivity contribution in [2.24, 2.45) is 5.41 Å². The summed E-state index contributed by atoms with van der Waals surface area (Å²) in [6, 6.07) is 12.7. The summed E-state index contributed by atoms with van der Waals surface area (Å²) in [5, 5.41) is 2.51. The Morgan fingerprint density at radius 1 is 0.941 bits per heavy atom. The molecule has 1 heteroatoms. The van der Waals surface area contributed by atoms with Crippen molar-refractivity contribution in [2.45, 2.75) is 27.2 Å². The van der Waals surface area contributed by atoms with Crippen LogP contribution in [0.15, 0.2) is 36.4 Å². The summed E-state index contributed by atoms with van der Waals surface area (Å²) < 4.78 is 5.41. The van der Waals surface area contributed by atoms with E-state index < -0.39 is 0 Å². The Bertz CT molecular complexity index is 521. The van der Waals surface area contributed by atoms with Gasteiger partial charge in [0.1, 0.15) is 5.75 Å². The molecule has 2 aromatic carbocycles. The zero-order chi connectivity index (χ0) is 12.5. The predicted octanol–water partition coefficient (Wildman–Crippen LogP) is 4.44. The van der Waals surface area contributed by atoms with Crippen LogP contribution in [0.2, 0.25) is 0 Å². The number of ether oxygens (including phenoxy) is 1. The van der Waals surface area contributed by atoms with E-state index in [4.69, 9.17) is 4.74 Å². The summed E-state index contributed by atoms with van der Waals surface area (Å²) in [7, 11) is 1.73. The van der Waals surface area contributed by atoms with Crippen LogP contribution in [0, 0.1) is 5.41 Å². The summed E-state index contributed by atoms with van der Waals surface area (Å²) >= 11 is 0. The van der Waals surface area contributed by atoms with E-state index in [2.05, 4.69) is 57.2 Å². The normalized spacial score (nSPS) is 11.8. The number of benzene rings is 2. The van der Waals surface area contributed by atoms with E-state index in [1.807, 2.05) is 0 Å². The van der Waals surface area contributed by atoms with E-state index in [9.17, 15) is 0 Å². The Morgan fingerprint density at radius 2 is 1.59 bits per heavy atom. The molecular formula is C16H20O. The lowest BCUT2D eigenvalue weighted by atomic mass is 9.86. The molecule has 0 aliphatic heterocycles. The molecule has 0 saturated carbocycles. The van der Waals surface area contributed by atoms with Gasteiger partial charge in [-0.2, -0.15) is 0 Å². The van der Waals surface area contributed by atoms with Crippen LogP contribution >= 0.6 is 0 Å². The fourth-order valence-electron chi connectivity index (χ4n) is 2.24. The van der Waals surface area contributed by atoms with Gasteiger partial charge in [0.15, 0.2) is 0 Å². The van der Waals surface area contributed by atoms with Gasteiger partial charge in [-0.3, -0.25) is 0 Å². The highest BCUT2D eigenvalue weighted by Crippen LogP contribution is 2.31. The number of fused-ring (bicyclic) bond motifs is 1. The second-order valence-corrected chi connectivity index (χ2v) is 5.71. The van der Waals surface area contributed by atoms with E-state index in [1.165, 1.54) is 16.3 Å². The van der Waals surface area contributed by atoms with Gasteiger partial charge in [-0.25, -0.2) is 0 Å². The topological polar surface area (TPSA) is 9.23 Å². The van der Waals surface area contributed by atoms with Crippen LogP contribution in [0.4, 0.5) is 0 Å². The van der Waals surface area contributed by atoms with Gasteiger partial charge in [0.25, 0.3) is 0 Å². The molecule has 17 heavy (non-hydrogen) atoms. The largest absolute Gasteiger partial charge is 0.496 e. The van der Waals surface area contributed by atoms with Crippen LogP contribution in [0.1, 0.15) is 26.3 Å². The molecule has 0 fully saturated rings. The van der Waals surface area contributed by atoms with E-state index in [0.29, 0.717) is 5.41 Å². The Hall–Kier alpha value is -1.50. The molecular weight excluding hydrogens is 208 g/mol. The molecule has 0 N–H and O–H groups in total. The highest BCUT2D eigenvalue weighted by Gasteiger charge is 2.14. The van der Waals surface area contributed by atoms with Crippen molar-refractivity contribution in [2.75, 3.05) is 7.11 Å². The van der Waals surface area contributed by atoms with Crippen LogP contribution in [0.25, 0.3) is 10.8 Å². The summed E-state index contributed by atoms with van der Waals surface area (Å²) in [4.78, 5) is 0. The average molecular weight is 228 g/mol. The van der Waals surface area contributed by atoms with Gasteiger partial charge in [0.05, 0.1) is 7.11 Å². The van der Waals surface area contributed by atoms with E-state index >= 15 is 0 Å². The Kier molecular flexibility index (Phi) is 3.10. The standard InChI is InChI=1S/C16H20O/c1-16(2,3)11-12-9-10-15(17-4)14-8-6-5-7-13(12)14/h5-10H,11H2,1-4H3. The van der Waals surface area contributed by atoms with Crippen LogP contribution in [0.3, 0.4) is 0 Å². The first-order valence-corrected chi connectivity index (χ1v) is 6.06. The van der Waals surface area contributed by atoms with E-state index in [-0.39, 0.29) is 0 Å². The fraction of sp³-hybridized carbons (Fsp3) is 0.375. The first kappa shape index (κ1) is 12.0. The molecule has 0 amide bonds. The van der Waals surface area contributed by atoms with Gasteiger partial charge >= 0.3 is 0 Å².